The van der Waals surface area contributed by atoms with Gasteiger partial charge in [-0.25, -0.2) is 8.78 Å². The number of hydrogen-bond donors (Lipinski definition) is 2. The summed E-state index contributed by atoms with van der Waals surface area (Å²) in [6.07, 6.45) is -1.23. The number of benzene rings is 1. The van der Waals surface area contributed by atoms with Crippen molar-refractivity contribution in [2.45, 2.75) is 19.0 Å². The van der Waals surface area contributed by atoms with E-state index in [1.807, 2.05) is 0 Å². The van der Waals surface area contributed by atoms with Gasteiger partial charge >= 0.3 is 5.97 Å². The van der Waals surface area contributed by atoms with Crippen molar-refractivity contribution in [3.8, 4) is 0 Å². The lowest BCUT2D eigenvalue weighted by Gasteiger charge is -2.14. The summed E-state index contributed by atoms with van der Waals surface area (Å²) in [5, 5.41) is 15.7. The van der Waals surface area contributed by atoms with Gasteiger partial charge in [-0.2, -0.15) is 5.10 Å². The van der Waals surface area contributed by atoms with Crippen LogP contribution in [0.1, 0.15) is 29.3 Å². The molecule has 0 aliphatic carbocycles. The van der Waals surface area contributed by atoms with Gasteiger partial charge in [-0.15, -0.1) is 0 Å². The summed E-state index contributed by atoms with van der Waals surface area (Å²) in [5.41, 5.74) is 0.518. The first kappa shape index (κ1) is 15.1. The maximum atomic E-state index is 12.8. The number of carboxylic acids is 1. The summed E-state index contributed by atoms with van der Waals surface area (Å²) in [4.78, 5) is 11.3. The highest BCUT2D eigenvalue weighted by Gasteiger charge is 2.22. The fourth-order valence-electron chi connectivity index (χ4n) is 2.08. The molecule has 0 spiro atoms. The average molecular weight is 295 g/mol. The van der Waals surface area contributed by atoms with Crippen molar-refractivity contribution in [1.82, 2.24) is 15.1 Å². The maximum absolute atomic E-state index is 12.8. The van der Waals surface area contributed by atoms with E-state index in [4.69, 9.17) is 0 Å². The largest absolute Gasteiger partial charge is 0.480 e. The van der Waals surface area contributed by atoms with E-state index in [0.29, 0.717) is 5.56 Å². The molecule has 21 heavy (non-hydrogen) atoms. The van der Waals surface area contributed by atoms with Crippen LogP contribution in [0.4, 0.5) is 8.78 Å². The van der Waals surface area contributed by atoms with Gasteiger partial charge in [0.25, 0.3) is 6.43 Å². The molecule has 1 heterocycles. The number of aryl methyl sites for hydroxylation is 1. The van der Waals surface area contributed by atoms with E-state index >= 15 is 0 Å². The van der Waals surface area contributed by atoms with Crippen molar-refractivity contribution in [2.75, 3.05) is 0 Å². The van der Waals surface area contributed by atoms with Crippen LogP contribution in [0.2, 0.25) is 0 Å². The first-order chi connectivity index (χ1) is 9.99. The molecular formula is C14H15F2N3O2. The van der Waals surface area contributed by atoms with Crippen molar-refractivity contribution in [3.05, 3.63) is 53.3 Å². The Kier molecular flexibility index (Phi) is 4.64. The summed E-state index contributed by atoms with van der Waals surface area (Å²) >= 11 is 0. The highest BCUT2D eigenvalue weighted by molar-refractivity contribution is 5.75. The van der Waals surface area contributed by atoms with Gasteiger partial charge in [-0.3, -0.25) is 14.8 Å². The Labute approximate surface area is 120 Å². The predicted octanol–water partition coefficient (Wildman–Crippen LogP) is 2.27. The minimum atomic E-state index is -2.69. The number of rotatable bonds is 6. The molecule has 1 aromatic heterocycles. The van der Waals surface area contributed by atoms with Gasteiger partial charge in [0.2, 0.25) is 0 Å². The summed E-state index contributed by atoms with van der Waals surface area (Å²) in [6, 6.07) is 7.60. The van der Waals surface area contributed by atoms with Crippen molar-refractivity contribution >= 4 is 5.97 Å². The lowest BCUT2D eigenvalue weighted by molar-refractivity contribution is -0.139. The van der Waals surface area contributed by atoms with Gasteiger partial charge < -0.3 is 5.11 Å². The third kappa shape index (κ3) is 3.63. The van der Waals surface area contributed by atoms with E-state index in [1.54, 1.807) is 37.4 Å². The molecule has 0 saturated heterocycles. The topological polar surface area (TPSA) is 67.2 Å². The standard InChI is InChI=1S/C14H15F2N3O2/c1-19-8-10(11(18-19)13(15)16)7-17-12(14(20)21)9-5-3-2-4-6-9/h2-6,8,12-13,17H,7H2,1H3,(H,20,21)/t12-/m1/s1. The number of nitrogens with one attached hydrogen (secondary N) is 1. The van der Waals surface area contributed by atoms with E-state index in [9.17, 15) is 18.7 Å². The number of halogens is 2. The fraction of sp³-hybridized carbons (Fsp3) is 0.286. The molecular weight excluding hydrogens is 280 g/mol. The number of aromatic nitrogens is 2. The number of nitrogens with zero attached hydrogens (tertiary/aromatic N) is 2. The highest BCUT2D eigenvalue weighted by atomic mass is 19.3. The zero-order valence-electron chi connectivity index (χ0n) is 11.3. The Balaban J connectivity index is 2.15. The number of carbonyl (C=O) groups is 1. The normalized spacial score (nSPS) is 12.6. The van der Waals surface area contributed by atoms with Crippen LogP contribution in [0.3, 0.4) is 0 Å². The minimum absolute atomic E-state index is 0.000621. The maximum Gasteiger partial charge on any atom is 0.325 e. The van der Waals surface area contributed by atoms with Gasteiger partial charge in [0.1, 0.15) is 11.7 Å². The van der Waals surface area contributed by atoms with E-state index in [2.05, 4.69) is 10.4 Å². The first-order valence-electron chi connectivity index (χ1n) is 6.30. The Morgan fingerprint density at radius 3 is 2.62 bits per heavy atom. The minimum Gasteiger partial charge on any atom is -0.480 e. The lowest BCUT2D eigenvalue weighted by Crippen LogP contribution is -2.28. The SMILES string of the molecule is Cn1cc(CN[C@@H](C(=O)O)c2ccccc2)c(C(F)F)n1. The van der Waals surface area contributed by atoms with Gasteiger partial charge in [0.15, 0.2) is 0 Å². The molecule has 0 radical (unpaired) electrons. The molecule has 0 bridgehead atoms. The molecule has 0 aliphatic heterocycles. The second kappa shape index (κ2) is 6.45. The number of aliphatic carboxylic acids is 1. The van der Waals surface area contributed by atoms with E-state index in [0.717, 1.165) is 0 Å². The van der Waals surface area contributed by atoms with Gasteiger partial charge in [-0.1, -0.05) is 30.3 Å². The summed E-state index contributed by atoms with van der Waals surface area (Å²) < 4.78 is 26.9. The number of hydrogen-bond acceptors (Lipinski definition) is 3. The molecule has 112 valence electrons. The summed E-state index contributed by atoms with van der Waals surface area (Å²) in [5.74, 6) is -1.07. The van der Waals surface area contributed by atoms with Crippen LogP contribution in [0.5, 0.6) is 0 Å². The van der Waals surface area contributed by atoms with Crippen LogP contribution in [0, 0.1) is 0 Å². The Morgan fingerprint density at radius 1 is 1.38 bits per heavy atom. The molecule has 5 nitrogen and oxygen atoms in total. The molecule has 0 saturated carbocycles. The number of alkyl halides is 2. The molecule has 0 amide bonds. The predicted molar refractivity (Wildman–Crippen MR) is 71.8 cm³/mol. The van der Waals surface area contributed by atoms with Crippen molar-refractivity contribution in [2.24, 2.45) is 7.05 Å². The number of carboxylic acid groups (broad SMARTS) is 1. The lowest BCUT2D eigenvalue weighted by atomic mass is 10.1. The zero-order chi connectivity index (χ0) is 15.4. The Hall–Kier alpha value is -2.28. The van der Waals surface area contributed by atoms with E-state index in [1.165, 1.54) is 10.9 Å². The third-order valence-electron chi connectivity index (χ3n) is 3.02. The zero-order valence-corrected chi connectivity index (χ0v) is 11.3. The fourth-order valence-corrected chi connectivity index (χ4v) is 2.08. The second-order valence-electron chi connectivity index (χ2n) is 4.58. The molecule has 1 aromatic carbocycles. The van der Waals surface area contributed by atoms with Gasteiger partial charge in [-0.05, 0) is 5.56 Å². The van der Waals surface area contributed by atoms with Crippen LogP contribution in [-0.2, 0) is 18.4 Å². The third-order valence-corrected chi connectivity index (χ3v) is 3.02. The van der Waals surface area contributed by atoms with E-state index < -0.39 is 18.4 Å². The smallest absolute Gasteiger partial charge is 0.325 e. The quantitative estimate of drug-likeness (QED) is 0.858. The van der Waals surface area contributed by atoms with Gasteiger partial charge in [0, 0.05) is 25.4 Å². The van der Waals surface area contributed by atoms with Crippen molar-refractivity contribution < 1.29 is 18.7 Å². The van der Waals surface area contributed by atoms with Crippen LogP contribution in [-0.4, -0.2) is 20.9 Å². The Bertz CT molecular complexity index is 614. The van der Waals surface area contributed by atoms with Crippen LogP contribution in [0.15, 0.2) is 36.5 Å². The molecule has 2 N–H and O–H groups in total. The highest BCUT2D eigenvalue weighted by Crippen LogP contribution is 2.22. The first-order valence-corrected chi connectivity index (χ1v) is 6.30. The molecule has 7 heteroatoms. The Morgan fingerprint density at radius 2 is 2.05 bits per heavy atom. The molecule has 0 aliphatic rings. The van der Waals surface area contributed by atoms with Crippen LogP contribution < -0.4 is 5.32 Å². The molecule has 0 unspecified atom stereocenters. The van der Waals surface area contributed by atoms with Gasteiger partial charge in [0.05, 0.1) is 0 Å². The van der Waals surface area contributed by atoms with Crippen molar-refractivity contribution in [3.63, 3.8) is 0 Å². The average Bonchev–Trinajstić information content (AvgIpc) is 2.81. The molecule has 2 rings (SSSR count). The van der Waals surface area contributed by atoms with Crippen molar-refractivity contribution in [1.29, 1.82) is 0 Å². The summed E-state index contributed by atoms with van der Waals surface area (Å²) in [7, 11) is 1.54. The summed E-state index contributed by atoms with van der Waals surface area (Å²) in [6.45, 7) is -0.000621. The monoisotopic (exact) mass is 295 g/mol. The second-order valence-corrected chi connectivity index (χ2v) is 4.58. The molecule has 2 aromatic rings. The molecule has 1 atom stereocenters. The van der Waals surface area contributed by atoms with Crippen LogP contribution in [0.25, 0.3) is 0 Å². The van der Waals surface area contributed by atoms with Crippen LogP contribution >= 0.6 is 0 Å². The van der Waals surface area contributed by atoms with E-state index in [-0.39, 0.29) is 17.8 Å². The molecule has 0 fully saturated rings.